The van der Waals surface area contributed by atoms with Crippen molar-refractivity contribution in [3.05, 3.63) is 0 Å². The number of hydrogen-bond donors (Lipinski definition) is 10. The molecule has 6 amide bonds. The number of carbonyl (C=O) groups is 6. The Kier molecular flexibility index (Phi) is 48.2. The summed E-state index contributed by atoms with van der Waals surface area (Å²) in [7, 11) is 0. The van der Waals surface area contributed by atoms with Gasteiger partial charge in [0.2, 0.25) is 35.4 Å². The molecule has 70 heavy (non-hydrogen) atoms. The third kappa shape index (κ3) is 43.4. The van der Waals surface area contributed by atoms with Crippen molar-refractivity contribution in [1.29, 1.82) is 0 Å². The van der Waals surface area contributed by atoms with Gasteiger partial charge in [-0.05, 0) is 122 Å². The second kappa shape index (κ2) is 50.6. The van der Waals surface area contributed by atoms with E-state index in [2.05, 4.69) is 26.6 Å². The second-order valence-electron chi connectivity index (χ2n) is 19.8. The highest BCUT2D eigenvalue weighted by atomic mass is 16.2. The van der Waals surface area contributed by atoms with Crippen LogP contribution in [0.1, 0.15) is 250 Å². The number of unbranched alkanes of at least 4 members (excludes halogenated alkanes) is 27. The summed E-state index contributed by atoms with van der Waals surface area (Å²) in [6.45, 7) is 3.68. The number of nitrogens with one attached hydrogen (secondary N) is 5. The third-order valence-corrected chi connectivity index (χ3v) is 13.2. The lowest BCUT2D eigenvalue weighted by molar-refractivity contribution is -0.129. The van der Waals surface area contributed by atoms with Gasteiger partial charge in [0.25, 0.3) is 0 Å². The number of hydrogen-bond acceptors (Lipinski definition) is 10. The average Bonchev–Trinajstić information content (AvgIpc) is 3.34. The SMILES string of the molecule is NCCCCCCCCCCCC(=O)NC(CCCCN)C(=O)NCCCCCCCCCCCC(=O)NC(CCCCN)C(=O)NCCCCCCCCCCCC(=O)NC(CCCCN)C(N)=O. The van der Waals surface area contributed by atoms with E-state index in [1.54, 1.807) is 0 Å². The fourth-order valence-electron chi connectivity index (χ4n) is 8.73. The van der Waals surface area contributed by atoms with Gasteiger partial charge in [-0.15, -0.1) is 0 Å². The summed E-state index contributed by atoms with van der Waals surface area (Å²) in [6, 6.07) is -1.65. The minimum Gasteiger partial charge on any atom is -0.368 e. The summed E-state index contributed by atoms with van der Waals surface area (Å²) in [4.78, 5) is 75.4. The first-order valence-electron chi connectivity index (χ1n) is 28.6. The molecule has 0 bridgehead atoms. The Morgan fingerprint density at radius 1 is 0.286 bits per heavy atom. The normalized spacial score (nSPS) is 12.5. The molecule has 0 radical (unpaired) electrons. The molecule has 0 aromatic heterocycles. The van der Waals surface area contributed by atoms with Crippen LogP contribution in [0.5, 0.6) is 0 Å². The zero-order valence-corrected chi connectivity index (χ0v) is 44.4. The van der Waals surface area contributed by atoms with Crippen molar-refractivity contribution < 1.29 is 28.8 Å². The van der Waals surface area contributed by atoms with E-state index in [1.807, 2.05) is 0 Å². The summed E-state index contributed by atoms with van der Waals surface area (Å²) >= 11 is 0. The Labute approximate surface area is 425 Å². The van der Waals surface area contributed by atoms with E-state index in [-0.39, 0.29) is 29.5 Å². The summed E-state index contributed by atoms with van der Waals surface area (Å²) in [5.41, 5.74) is 27.9. The Balaban J connectivity index is 4.11. The number of nitrogens with two attached hydrogens (primary N) is 5. The third-order valence-electron chi connectivity index (χ3n) is 13.2. The van der Waals surface area contributed by atoms with E-state index in [1.165, 1.54) is 32.1 Å². The first-order chi connectivity index (χ1) is 34.1. The highest BCUT2D eigenvalue weighted by Gasteiger charge is 2.21. The quantitative estimate of drug-likeness (QED) is 0.0273. The van der Waals surface area contributed by atoms with Crippen LogP contribution in [-0.2, 0) is 28.8 Å². The molecule has 0 aliphatic carbocycles. The number of amides is 6. The van der Waals surface area contributed by atoms with Crippen LogP contribution >= 0.6 is 0 Å². The van der Waals surface area contributed by atoms with Crippen LogP contribution in [0.25, 0.3) is 0 Å². The molecule has 0 heterocycles. The maximum Gasteiger partial charge on any atom is 0.242 e. The van der Waals surface area contributed by atoms with Gasteiger partial charge < -0.3 is 55.3 Å². The van der Waals surface area contributed by atoms with Gasteiger partial charge in [0.1, 0.15) is 18.1 Å². The van der Waals surface area contributed by atoms with Gasteiger partial charge in [-0.3, -0.25) is 28.8 Å². The molecule has 15 N–H and O–H groups in total. The summed E-state index contributed by atoms with van der Waals surface area (Å²) in [5, 5.41) is 14.8. The average molecular weight is 994 g/mol. The molecule has 0 spiro atoms. The zero-order valence-electron chi connectivity index (χ0n) is 44.4. The van der Waals surface area contributed by atoms with Gasteiger partial charge in [-0.1, -0.05) is 135 Å². The highest BCUT2D eigenvalue weighted by Crippen LogP contribution is 2.14. The minimum atomic E-state index is -0.618. The van der Waals surface area contributed by atoms with Crippen molar-refractivity contribution >= 4 is 35.4 Å². The van der Waals surface area contributed by atoms with Crippen molar-refractivity contribution in [2.75, 3.05) is 39.3 Å². The van der Waals surface area contributed by atoms with Gasteiger partial charge in [0.05, 0.1) is 0 Å². The molecule has 3 unspecified atom stereocenters. The monoisotopic (exact) mass is 993 g/mol. The molecule has 0 saturated heterocycles. The lowest BCUT2D eigenvalue weighted by atomic mass is 10.0. The van der Waals surface area contributed by atoms with Crippen LogP contribution in [0.4, 0.5) is 0 Å². The zero-order chi connectivity index (χ0) is 51.6. The number of carbonyl (C=O) groups excluding carboxylic acids is 6. The Morgan fingerprint density at radius 3 is 0.800 bits per heavy atom. The van der Waals surface area contributed by atoms with Gasteiger partial charge in [0.15, 0.2) is 0 Å². The Morgan fingerprint density at radius 2 is 0.514 bits per heavy atom. The van der Waals surface area contributed by atoms with Crippen LogP contribution in [0, 0.1) is 0 Å². The molecular formula is C54H108N10O6. The standard InChI is InChI=1S/C54H108N10O6/c55-40-28-19-13-7-1-4-10-17-23-38-50(66)63-47(35-26-30-42-57)53(69)61-45-33-21-15-9-3-6-12-18-24-39-51(67)64-48(36-27-31-43-58)54(70)60-44-32-20-14-8-2-5-11-16-22-37-49(65)62-46(52(59)68)34-25-29-41-56/h46-48H,1-45,55-58H2,(H2,59,68)(H,60,70)(H,61,69)(H,62,65)(H,63,66)(H,64,67). The smallest absolute Gasteiger partial charge is 0.242 e. The molecule has 16 nitrogen and oxygen atoms in total. The van der Waals surface area contributed by atoms with Gasteiger partial charge in [-0.25, -0.2) is 0 Å². The molecule has 410 valence electrons. The van der Waals surface area contributed by atoms with Crippen molar-refractivity contribution in [1.82, 2.24) is 26.6 Å². The Hall–Kier alpha value is -3.34. The minimum absolute atomic E-state index is 0.0392. The molecule has 16 heteroatoms. The molecular weight excluding hydrogens is 885 g/mol. The molecule has 3 atom stereocenters. The van der Waals surface area contributed by atoms with Crippen LogP contribution in [-0.4, -0.2) is 92.8 Å². The molecule has 0 aromatic carbocycles. The van der Waals surface area contributed by atoms with Gasteiger partial charge in [-0.2, -0.15) is 0 Å². The van der Waals surface area contributed by atoms with Crippen molar-refractivity contribution in [3.63, 3.8) is 0 Å². The molecule has 0 aliphatic heterocycles. The van der Waals surface area contributed by atoms with Crippen molar-refractivity contribution in [2.24, 2.45) is 28.7 Å². The van der Waals surface area contributed by atoms with Crippen molar-refractivity contribution in [2.45, 2.75) is 269 Å². The predicted molar refractivity (Wildman–Crippen MR) is 287 cm³/mol. The maximum absolute atomic E-state index is 13.0. The van der Waals surface area contributed by atoms with Gasteiger partial charge >= 0.3 is 0 Å². The first-order valence-corrected chi connectivity index (χ1v) is 28.6. The first kappa shape index (κ1) is 66.7. The predicted octanol–water partition coefficient (Wildman–Crippen LogP) is 7.21. The molecule has 0 aromatic rings. The van der Waals surface area contributed by atoms with E-state index < -0.39 is 24.0 Å². The van der Waals surface area contributed by atoms with Crippen LogP contribution in [0.15, 0.2) is 0 Å². The fraction of sp³-hybridized carbons (Fsp3) is 0.889. The van der Waals surface area contributed by atoms with E-state index in [0.717, 1.165) is 186 Å². The highest BCUT2D eigenvalue weighted by molar-refractivity contribution is 5.88. The summed E-state index contributed by atoms with van der Waals surface area (Å²) in [5.74, 6) is -0.935. The Bertz CT molecular complexity index is 1290. The molecule has 0 fully saturated rings. The van der Waals surface area contributed by atoms with E-state index >= 15 is 0 Å². The van der Waals surface area contributed by atoms with Gasteiger partial charge in [0, 0.05) is 32.4 Å². The number of rotatable bonds is 53. The molecule has 0 rings (SSSR count). The summed E-state index contributed by atoms with van der Waals surface area (Å²) < 4.78 is 0. The topological polar surface area (TPSA) is 293 Å². The van der Waals surface area contributed by atoms with Crippen LogP contribution in [0.2, 0.25) is 0 Å². The van der Waals surface area contributed by atoms with Crippen LogP contribution < -0.4 is 55.3 Å². The second-order valence-corrected chi connectivity index (χ2v) is 19.8. The number of primary amides is 1. The largest absolute Gasteiger partial charge is 0.368 e. The van der Waals surface area contributed by atoms with E-state index in [0.29, 0.717) is 71.2 Å². The van der Waals surface area contributed by atoms with E-state index in [9.17, 15) is 28.8 Å². The fourth-order valence-corrected chi connectivity index (χ4v) is 8.73. The molecule has 0 aliphatic rings. The molecule has 0 saturated carbocycles. The summed E-state index contributed by atoms with van der Waals surface area (Å²) in [6.07, 6.45) is 36.8. The van der Waals surface area contributed by atoms with E-state index in [4.69, 9.17) is 28.7 Å². The lowest BCUT2D eigenvalue weighted by Gasteiger charge is -2.18. The lowest BCUT2D eigenvalue weighted by Crippen LogP contribution is -2.47. The van der Waals surface area contributed by atoms with Crippen LogP contribution in [0.3, 0.4) is 0 Å². The van der Waals surface area contributed by atoms with Crippen molar-refractivity contribution in [3.8, 4) is 0 Å². The maximum atomic E-state index is 13.0.